The van der Waals surface area contributed by atoms with Crippen molar-refractivity contribution in [2.75, 3.05) is 5.32 Å². The number of aryl methyl sites for hydroxylation is 1. The first kappa shape index (κ1) is 13.4. The number of nitrogens with zero attached hydrogens (tertiary/aromatic N) is 2. The molecule has 0 saturated heterocycles. The molecular formula is C14H12BrClN4. The van der Waals surface area contributed by atoms with E-state index in [1.165, 1.54) is 0 Å². The van der Waals surface area contributed by atoms with Crippen LogP contribution in [0.4, 0.5) is 5.69 Å². The Morgan fingerprint density at radius 1 is 1.30 bits per heavy atom. The lowest BCUT2D eigenvalue weighted by Crippen LogP contribution is -2.00. The summed E-state index contributed by atoms with van der Waals surface area (Å²) in [6.07, 6.45) is 1.78. The summed E-state index contributed by atoms with van der Waals surface area (Å²) < 4.78 is 0.973. The van der Waals surface area contributed by atoms with Gasteiger partial charge in [0.15, 0.2) is 5.65 Å². The monoisotopic (exact) mass is 350 g/mol. The molecule has 3 rings (SSSR count). The van der Waals surface area contributed by atoms with Crippen LogP contribution in [0, 0.1) is 6.92 Å². The van der Waals surface area contributed by atoms with Crippen molar-refractivity contribution in [3.8, 4) is 0 Å². The summed E-state index contributed by atoms with van der Waals surface area (Å²) in [5, 5.41) is 12.1. The van der Waals surface area contributed by atoms with Crippen molar-refractivity contribution in [1.82, 2.24) is 15.2 Å². The van der Waals surface area contributed by atoms with E-state index in [2.05, 4.69) is 36.4 Å². The van der Waals surface area contributed by atoms with Gasteiger partial charge in [-0.3, -0.25) is 5.10 Å². The maximum absolute atomic E-state index is 6.03. The summed E-state index contributed by atoms with van der Waals surface area (Å²) in [4.78, 5) is 4.31. The van der Waals surface area contributed by atoms with Gasteiger partial charge in [0.25, 0.3) is 0 Å². The van der Waals surface area contributed by atoms with Gasteiger partial charge < -0.3 is 5.32 Å². The Hall–Kier alpha value is -1.59. The van der Waals surface area contributed by atoms with Crippen LogP contribution < -0.4 is 5.32 Å². The lowest BCUT2D eigenvalue weighted by Gasteiger charge is -2.07. The second-order valence-electron chi connectivity index (χ2n) is 4.58. The van der Waals surface area contributed by atoms with Crippen LogP contribution in [0.3, 0.4) is 0 Å². The van der Waals surface area contributed by atoms with Crippen molar-refractivity contribution in [2.45, 2.75) is 13.5 Å². The third kappa shape index (κ3) is 2.78. The number of fused-ring (bicyclic) bond motifs is 1. The van der Waals surface area contributed by atoms with Crippen molar-refractivity contribution in [3.63, 3.8) is 0 Å². The lowest BCUT2D eigenvalue weighted by molar-refractivity contribution is 1.05. The van der Waals surface area contributed by atoms with Gasteiger partial charge in [-0.05, 0) is 36.8 Å². The average Bonchev–Trinajstić information content (AvgIpc) is 2.77. The van der Waals surface area contributed by atoms with E-state index in [-0.39, 0.29) is 0 Å². The second kappa shape index (κ2) is 5.42. The molecule has 1 aromatic carbocycles. The number of halogens is 2. The van der Waals surface area contributed by atoms with Crippen molar-refractivity contribution >= 4 is 44.3 Å². The molecule has 2 aromatic heterocycles. The molecular weight excluding hydrogens is 340 g/mol. The summed E-state index contributed by atoms with van der Waals surface area (Å²) in [7, 11) is 0. The number of hydrogen-bond acceptors (Lipinski definition) is 3. The topological polar surface area (TPSA) is 53.6 Å². The number of rotatable bonds is 3. The maximum atomic E-state index is 6.03. The Balaban J connectivity index is 1.80. The molecule has 4 nitrogen and oxygen atoms in total. The van der Waals surface area contributed by atoms with Crippen molar-refractivity contribution in [2.24, 2.45) is 0 Å². The molecule has 3 aromatic rings. The minimum atomic E-state index is 0.684. The maximum Gasteiger partial charge on any atom is 0.181 e. The van der Waals surface area contributed by atoms with Crippen LogP contribution in [0.1, 0.15) is 11.3 Å². The molecule has 0 radical (unpaired) electrons. The number of anilines is 1. The van der Waals surface area contributed by atoms with E-state index in [4.69, 9.17) is 11.6 Å². The highest BCUT2D eigenvalue weighted by molar-refractivity contribution is 9.10. The molecule has 102 valence electrons. The van der Waals surface area contributed by atoms with E-state index < -0.39 is 0 Å². The van der Waals surface area contributed by atoms with Gasteiger partial charge in [0.05, 0.1) is 11.9 Å². The Labute approximate surface area is 129 Å². The number of aromatic amines is 1. The molecule has 2 heterocycles. The zero-order valence-electron chi connectivity index (χ0n) is 10.7. The van der Waals surface area contributed by atoms with Gasteiger partial charge in [0.2, 0.25) is 0 Å². The van der Waals surface area contributed by atoms with Gasteiger partial charge >= 0.3 is 0 Å². The molecule has 6 heteroatoms. The Morgan fingerprint density at radius 3 is 2.95 bits per heavy atom. The van der Waals surface area contributed by atoms with Gasteiger partial charge in [-0.15, -0.1) is 0 Å². The van der Waals surface area contributed by atoms with Crippen LogP contribution in [0.15, 0.2) is 34.9 Å². The predicted molar refractivity (Wildman–Crippen MR) is 85.1 cm³/mol. The Morgan fingerprint density at radius 2 is 2.15 bits per heavy atom. The first-order chi connectivity index (χ1) is 9.61. The molecule has 0 bridgehead atoms. The number of benzene rings is 1. The SMILES string of the molecule is Cc1[nH]nc2ncc(NCc3cc(Cl)cc(Br)c3)cc12. The third-order valence-corrected chi connectivity index (χ3v) is 3.70. The van der Waals surface area contributed by atoms with Crippen molar-refractivity contribution in [1.29, 1.82) is 0 Å². The fourth-order valence-electron chi connectivity index (χ4n) is 2.03. The third-order valence-electron chi connectivity index (χ3n) is 3.02. The summed E-state index contributed by atoms with van der Waals surface area (Å²) in [6, 6.07) is 7.89. The predicted octanol–water partition coefficient (Wildman–Crippen LogP) is 4.29. The standard InChI is InChI=1S/C14H12BrClN4/c1-8-13-5-12(7-18-14(13)20-19-8)17-6-9-2-10(15)4-11(16)3-9/h2-5,7,17H,6H2,1H3,(H,18,19,20). The highest BCUT2D eigenvalue weighted by atomic mass is 79.9. The van der Waals surface area contributed by atoms with Crippen LogP contribution in [0.5, 0.6) is 0 Å². The molecule has 0 aliphatic heterocycles. The summed E-state index contributed by atoms with van der Waals surface area (Å²) >= 11 is 9.47. The number of pyridine rings is 1. The van der Waals surface area contributed by atoms with Crippen molar-refractivity contribution < 1.29 is 0 Å². The molecule has 0 unspecified atom stereocenters. The van der Waals surface area contributed by atoms with Crippen molar-refractivity contribution in [3.05, 3.63) is 51.2 Å². The molecule has 2 N–H and O–H groups in total. The van der Waals surface area contributed by atoms with Crippen LogP contribution in [0.2, 0.25) is 5.02 Å². The van der Waals surface area contributed by atoms with Gasteiger partial charge in [-0.1, -0.05) is 27.5 Å². The molecule has 0 saturated carbocycles. The molecule has 0 aliphatic carbocycles. The number of hydrogen-bond donors (Lipinski definition) is 2. The van der Waals surface area contributed by atoms with E-state index in [0.717, 1.165) is 37.5 Å². The lowest BCUT2D eigenvalue weighted by atomic mass is 10.2. The largest absolute Gasteiger partial charge is 0.380 e. The summed E-state index contributed by atoms with van der Waals surface area (Å²) in [5.74, 6) is 0. The Kier molecular flexibility index (Phi) is 3.63. The zero-order chi connectivity index (χ0) is 14.1. The molecule has 0 amide bonds. The van der Waals surface area contributed by atoms with E-state index >= 15 is 0 Å². The van der Waals surface area contributed by atoms with Crippen LogP contribution in [-0.2, 0) is 6.54 Å². The summed E-state index contributed by atoms with van der Waals surface area (Å²) in [6.45, 7) is 2.66. The van der Waals surface area contributed by atoms with Crippen LogP contribution >= 0.6 is 27.5 Å². The second-order valence-corrected chi connectivity index (χ2v) is 5.93. The first-order valence-electron chi connectivity index (χ1n) is 6.11. The highest BCUT2D eigenvalue weighted by Gasteiger charge is 2.04. The summed E-state index contributed by atoms with van der Waals surface area (Å²) in [5.41, 5.74) is 3.81. The van der Waals surface area contributed by atoms with E-state index in [0.29, 0.717) is 6.54 Å². The molecule has 20 heavy (non-hydrogen) atoms. The molecule has 0 aliphatic rings. The number of aromatic nitrogens is 3. The Bertz CT molecular complexity index is 749. The minimum absolute atomic E-state index is 0.684. The van der Waals surface area contributed by atoms with Gasteiger partial charge in [-0.25, -0.2) is 4.98 Å². The van der Waals surface area contributed by atoms with Crippen LogP contribution in [-0.4, -0.2) is 15.2 Å². The highest BCUT2D eigenvalue weighted by Crippen LogP contribution is 2.21. The van der Waals surface area contributed by atoms with E-state index in [1.54, 1.807) is 6.20 Å². The number of H-pyrrole nitrogens is 1. The van der Waals surface area contributed by atoms with Gasteiger partial charge in [0, 0.05) is 27.1 Å². The van der Waals surface area contributed by atoms with Gasteiger partial charge in [-0.2, -0.15) is 5.10 Å². The first-order valence-corrected chi connectivity index (χ1v) is 7.28. The van der Waals surface area contributed by atoms with E-state index in [9.17, 15) is 0 Å². The fraction of sp³-hybridized carbons (Fsp3) is 0.143. The zero-order valence-corrected chi connectivity index (χ0v) is 13.1. The quantitative estimate of drug-likeness (QED) is 0.740. The fourth-order valence-corrected chi connectivity index (χ4v) is 2.96. The van der Waals surface area contributed by atoms with Crippen LogP contribution in [0.25, 0.3) is 11.0 Å². The minimum Gasteiger partial charge on any atom is -0.380 e. The molecule has 0 fully saturated rings. The number of nitrogens with one attached hydrogen (secondary N) is 2. The molecule has 0 spiro atoms. The molecule has 0 atom stereocenters. The van der Waals surface area contributed by atoms with E-state index in [1.807, 2.05) is 31.2 Å². The normalized spacial score (nSPS) is 10.9. The smallest absolute Gasteiger partial charge is 0.181 e. The average molecular weight is 352 g/mol. The van der Waals surface area contributed by atoms with Gasteiger partial charge in [0.1, 0.15) is 0 Å².